The Morgan fingerprint density at radius 2 is 1.96 bits per heavy atom. The molecule has 0 aromatic carbocycles. The van der Waals surface area contributed by atoms with E-state index in [2.05, 4.69) is 41.7 Å². The molecule has 1 atom stereocenters. The van der Waals surface area contributed by atoms with Crippen LogP contribution in [-0.4, -0.2) is 53.5 Å². The van der Waals surface area contributed by atoms with Gasteiger partial charge in [0.2, 0.25) is 0 Å². The van der Waals surface area contributed by atoms with Gasteiger partial charge in [-0.1, -0.05) is 6.92 Å². The van der Waals surface area contributed by atoms with Gasteiger partial charge >= 0.3 is 6.03 Å². The Bertz CT molecular complexity index is 470. The Labute approximate surface area is 139 Å². The van der Waals surface area contributed by atoms with E-state index in [0.717, 1.165) is 12.5 Å². The van der Waals surface area contributed by atoms with Crippen molar-refractivity contribution in [3.63, 3.8) is 0 Å². The molecule has 0 spiro atoms. The van der Waals surface area contributed by atoms with Crippen LogP contribution in [0.25, 0.3) is 0 Å². The van der Waals surface area contributed by atoms with E-state index in [1.165, 1.54) is 4.90 Å². The van der Waals surface area contributed by atoms with E-state index in [9.17, 15) is 9.59 Å². The largest absolute Gasteiger partial charge is 0.357 e. The second-order valence-electron chi connectivity index (χ2n) is 7.06. The number of guanidine groups is 1. The summed E-state index contributed by atoms with van der Waals surface area (Å²) in [6.07, 6.45) is 1.23. The third kappa shape index (κ3) is 5.41. The normalized spacial score (nSPS) is 22.3. The van der Waals surface area contributed by atoms with Crippen LogP contribution in [0.2, 0.25) is 0 Å². The lowest BCUT2D eigenvalue weighted by molar-refractivity contribution is -0.130. The number of carbonyl (C=O) groups excluding carboxylic acids is 2. The van der Waals surface area contributed by atoms with Gasteiger partial charge < -0.3 is 16.0 Å². The number of imide groups is 1. The Balaban J connectivity index is 2.54. The molecule has 1 aliphatic heterocycles. The van der Waals surface area contributed by atoms with Gasteiger partial charge in [0.15, 0.2) is 5.96 Å². The molecular weight excluding hydrogens is 294 g/mol. The van der Waals surface area contributed by atoms with Gasteiger partial charge in [-0.05, 0) is 47.5 Å². The number of hydrogen-bond acceptors (Lipinski definition) is 3. The van der Waals surface area contributed by atoms with Crippen molar-refractivity contribution in [3.8, 4) is 0 Å². The highest BCUT2D eigenvalue weighted by molar-refractivity contribution is 6.06. The van der Waals surface area contributed by atoms with Crippen LogP contribution in [-0.2, 0) is 4.79 Å². The van der Waals surface area contributed by atoms with Gasteiger partial charge in [0.1, 0.15) is 5.54 Å². The van der Waals surface area contributed by atoms with Crippen molar-refractivity contribution in [2.24, 2.45) is 4.99 Å². The van der Waals surface area contributed by atoms with E-state index in [1.54, 1.807) is 6.92 Å². The zero-order valence-corrected chi connectivity index (χ0v) is 15.2. The zero-order valence-electron chi connectivity index (χ0n) is 15.2. The van der Waals surface area contributed by atoms with Crippen LogP contribution < -0.4 is 16.0 Å². The topological polar surface area (TPSA) is 85.8 Å². The SMILES string of the molecule is CCNC(=NCCCN1C(=O)NC(C)(CC)C1=O)NC(C)(C)C. The first-order valence-corrected chi connectivity index (χ1v) is 8.33. The molecule has 0 radical (unpaired) electrons. The molecule has 1 saturated heterocycles. The van der Waals surface area contributed by atoms with Crippen molar-refractivity contribution < 1.29 is 9.59 Å². The van der Waals surface area contributed by atoms with Gasteiger partial charge in [0, 0.05) is 25.2 Å². The lowest BCUT2D eigenvalue weighted by atomic mass is 9.99. The Kier molecular flexibility index (Phi) is 6.41. The molecule has 7 heteroatoms. The second-order valence-corrected chi connectivity index (χ2v) is 7.06. The van der Waals surface area contributed by atoms with Crippen LogP contribution >= 0.6 is 0 Å². The van der Waals surface area contributed by atoms with Crippen molar-refractivity contribution in [2.45, 2.75) is 65.5 Å². The highest BCUT2D eigenvalue weighted by atomic mass is 16.2. The van der Waals surface area contributed by atoms with E-state index in [1.807, 2.05) is 13.8 Å². The summed E-state index contributed by atoms with van der Waals surface area (Å²) in [5.74, 6) is 0.601. The first kappa shape index (κ1) is 19.3. The molecule has 1 unspecified atom stereocenters. The van der Waals surface area contributed by atoms with Crippen molar-refractivity contribution in [3.05, 3.63) is 0 Å². The van der Waals surface area contributed by atoms with E-state index >= 15 is 0 Å². The van der Waals surface area contributed by atoms with Crippen molar-refractivity contribution in [1.82, 2.24) is 20.9 Å². The lowest BCUT2D eigenvalue weighted by Crippen LogP contribution is -2.47. The van der Waals surface area contributed by atoms with Crippen LogP contribution in [0.5, 0.6) is 0 Å². The standard InChI is InChI=1S/C16H31N5O2/c1-7-16(6)12(22)21(14(23)20-16)11-9-10-18-13(17-8-2)19-15(3,4)5/h7-11H2,1-6H3,(H,20,23)(H2,17,18,19). The van der Waals surface area contributed by atoms with E-state index < -0.39 is 5.54 Å². The number of nitrogens with zero attached hydrogens (tertiary/aromatic N) is 2. The molecular formula is C16H31N5O2. The first-order chi connectivity index (χ1) is 10.6. The van der Waals surface area contributed by atoms with E-state index in [-0.39, 0.29) is 17.5 Å². The maximum Gasteiger partial charge on any atom is 0.325 e. The molecule has 1 rings (SSSR count). The van der Waals surface area contributed by atoms with E-state index in [0.29, 0.717) is 25.9 Å². The molecule has 7 nitrogen and oxygen atoms in total. The van der Waals surface area contributed by atoms with Crippen molar-refractivity contribution in [2.75, 3.05) is 19.6 Å². The summed E-state index contributed by atoms with van der Waals surface area (Å²) >= 11 is 0. The number of nitrogens with one attached hydrogen (secondary N) is 3. The van der Waals surface area contributed by atoms with Crippen LogP contribution in [0.3, 0.4) is 0 Å². The van der Waals surface area contributed by atoms with Gasteiger partial charge in [-0.15, -0.1) is 0 Å². The summed E-state index contributed by atoms with van der Waals surface area (Å²) in [6.45, 7) is 13.6. The van der Waals surface area contributed by atoms with Gasteiger partial charge in [-0.3, -0.25) is 14.7 Å². The predicted octanol–water partition coefficient (Wildman–Crippen LogP) is 1.45. The molecule has 0 saturated carbocycles. The minimum atomic E-state index is -0.761. The number of urea groups is 1. The average molecular weight is 325 g/mol. The van der Waals surface area contributed by atoms with Crippen LogP contribution in [0.1, 0.15) is 54.4 Å². The minimum Gasteiger partial charge on any atom is -0.357 e. The molecule has 1 heterocycles. The highest BCUT2D eigenvalue weighted by Crippen LogP contribution is 2.20. The first-order valence-electron chi connectivity index (χ1n) is 8.33. The quantitative estimate of drug-likeness (QED) is 0.299. The third-order valence-corrected chi connectivity index (χ3v) is 3.70. The van der Waals surface area contributed by atoms with Crippen LogP contribution in [0.15, 0.2) is 4.99 Å². The summed E-state index contributed by atoms with van der Waals surface area (Å²) in [4.78, 5) is 30.0. The molecule has 132 valence electrons. The predicted molar refractivity (Wildman–Crippen MR) is 92.4 cm³/mol. The zero-order chi connectivity index (χ0) is 17.7. The molecule has 23 heavy (non-hydrogen) atoms. The number of hydrogen-bond donors (Lipinski definition) is 3. The fraction of sp³-hybridized carbons (Fsp3) is 0.812. The van der Waals surface area contributed by atoms with Crippen molar-refractivity contribution in [1.29, 1.82) is 0 Å². The fourth-order valence-electron chi connectivity index (χ4n) is 2.27. The summed E-state index contributed by atoms with van der Waals surface area (Å²) in [5, 5.41) is 9.25. The lowest BCUT2D eigenvalue weighted by Gasteiger charge is -2.23. The Morgan fingerprint density at radius 1 is 1.30 bits per heavy atom. The van der Waals surface area contributed by atoms with Crippen LogP contribution in [0, 0.1) is 0 Å². The Morgan fingerprint density at radius 3 is 2.43 bits per heavy atom. The molecule has 3 amide bonds. The molecule has 0 bridgehead atoms. The fourth-order valence-corrected chi connectivity index (χ4v) is 2.27. The third-order valence-electron chi connectivity index (χ3n) is 3.70. The Hall–Kier alpha value is -1.79. The van der Waals surface area contributed by atoms with Gasteiger partial charge in [-0.2, -0.15) is 0 Å². The molecule has 0 aliphatic carbocycles. The molecule has 1 aliphatic rings. The smallest absolute Gasteiger partial charge is 0.325 e. The number of amides is 3. The summed E-state index contributed by atoms with van der Waals surface area (Å²) in [7, 11) is 0. The minimum absolute atomic E-state index is 0.0747. The number of rotatable bonds is 6. The molecule has 0 aromatic rings. The van der Waals surface area contributed by atoms with E-state index in [4.69, 9.17) is 0 Å². The number of aliphatic imine (C=N–C) groups is 1. The van der Waals surface area contributed by atoms with Crippen molar-refractivity contribution >= 4 is 17.9 Å². The average Bonchev–Trinajstić information content (AvgIpc) is 2.65. The summed E-state index contributed by atoms with van der Waals surface area (Å²) < 4.78 is 0. The monoisotopic (exact) mass is 325 g/mol. The molecule has 3 N–H and O–H groups in total. The maximum atomic E-state index is 12.3. The summed E-state index contributed by atoms with van der Waals surface area (Å²) in [5.41, 5.74) is -0.836. The molecule has 0 aromatic heterocycles. The van der Waals surface area contributed by atoms with Gasteiger partial charge in [-0.25, -0.2) is 4.79 Å². The highest BCUT2D eigenvalue weighted by Gasteiger charge is 2.45. The summed E-state index contributed by atoms with van der Waals surface area (Å²) in [6, 6.07) is -0.303. The van der Waals surface area contributed by atoms with Gasteiger partial charge in [0.05, 0.1) is 0 Å². The maximum absolute atomic E-state index is 12.3. The number of carbonyl (C=O) groups is 2. The van der Waals surface area contributed by atoms with Gasteiger partial charge in [0.25, 0.3) is 5.91 Å². The van der Waals surface area contributed by atoms with Crippen LogP contribution in [0.4, 0.5) is 4.79 Å². The second kappa shape index (κ2) is 7.66. The molecule has 1 fully saturated rings.